The van der Waals surface area contributed by atoms with Crippen LogP contribution in [0.15, 0.2) is 12.1 Å². The van der Waals surface area contributed by atoms with Crippen LogP contribution in [0.4, 0.5) is 4.39 Å². The molecule has 1 atom stereocenters. The van der Waals surface area contributed by atoms with Gasteiger partial charge in [-0.1, -0.05) is 43.1 Å². The largest absolute Gasteiger partial charge is 0.388 e. The molecule has 0 aromatic heterocycles. The van der Waals surface area contributed by atoms with Gasteiger partial charge in [-0.3, -0.25) is 0 Å². The maximum atomic E-state index is 13.2. The first-order valence-corrected chi connectivity index (χ1v) is 5.02. The second-order valence-electron chi connectivity index (χ2n) is 3.45. The first-order chi connectivity index (χ1) is 6.45. The zero-order valence-corrected chi connectivity index (χ0v) is 9.40. The quantitative estimate of drug-likeness (QED) is 0.775. The maximum absolute atomic E-state index is 13.2. The number of benzene rings is 1. The van der Waals surface area contributed by atoms with Gasteiger partial charge in [0.25, 0.3) is 0 Å². The summed E-state index contributed by atoms with van der Waals surface area (Å²) in [4.78, 5) is 0. The van der Waals surface area contributed by atoms with Gasteiger partial charge in [0.1, 0.15) is 0 Å². The summed E-state index contributed by atoms with van der Waals surface area (Å²) in [5.74, 6) is -0.696. The first-order valence-electron chi connectivity index (χ1n) is 4.26. The minimum absolute atomic E-state index is 0.0203. The molecule has 1 unspecified atom stereocenters. The van der Waals surface area contributed by atoms with Crippen LogP contribution in [0.5, 0.6) is 0 Å². The topological polar surface area (TPSA) is 20.2 Å². The van der Waals surface area contributed by atoms with E-state index in [4.69, 9.17) is 23.2 Å². The molecule has 0 fully saturated rings. The van der Waals surface area contributed by atoms with Crippen LogP contribution in [0, 0.1) is 11.7 Å². The average Bonchev–Trinajstić information content (AvgIpc) is 2.13. The number of rotatable bonds is 2. The van der Waals surface area contributed by atoms with Crippen LogP contribution in [-0.2, 0) is 0 Å². The van der Waals surface area contributed by atoms with E-state index in [1.54, 1.807) is 6.07 Å². The van der Waals surface area contributed by atoms with Gasteiger partial charge in [0, 0.05) is 5.56 Å². The highest BCUT2D eigenvalue weighted by Gasteiger charge is 2.18. The zero-order valence-electron chi connectivity index (χ0n) is 7.89. The van der Waals surface area contributed by atoms with Gasteiger partial charge in [-0.05, 0) is 12.0 Å². The van der Waals surface area contributed by atoms with Crippen molar-refractivity contribution in [2.45, 2.75) is 20.0 Å². The summed E-state index contributed by atoms with van der Waals surface area (Å²) in [6, 6.07) is 2.93. The Morgan fingerprint density at radius 1 is 1.29 bits per heavy atom. The molecule has 1 nitrogen and oxygen atoms in total. The lowest BCUT2D eigenvalue weighted by molar-refractivity contribution is 0.126. The van der Waals surface area contributed by atoms with Crippen molar-refractivity contribution in [3.63, 3.8) is 0 Å². The van der Waals surface area contributed by atoms with Gasteiger partial charge in [-0.15, -0.1) is 0 Å². The van der Waals surface area contributed by atoms with Gasteiger partial charge in [-0.2, -0.15) is 0 Å². The predicted molar refractivity (Wildman–Crippen MR) is 56.2 cm³/mol. The lowest BCUT2D eigenvalue weighted by Crippen LogP contribution is -2.06. The number of aliphatic hydroxyl groups is 1. The van der Waals surface area contributed by atoms with Crippen LogP contribution < -0.4 is 0 Å². The highest BCUT2D eigenvalue weighted by Crippen LogP contribution is 2.33. The molecule has 4 heteroatoms. The Hall–Kier alpha value is -0.310. The number of aliphatic hydroxyl groups excluding tert-OH is 1. The molecular formula is C10H11Cl2FO. The van der Waals surface area contributed by atoms with E-state index in [0.717, 1.165) is 0 Å². The first kappa shape index (κ1) is 11.8. The van der Waals surface area contributed by atoms with Crippen molar-refractivity contribution in [3.8, 4) is 0 Å². The Kier molecular flexibility index (Phi) is 3.76. The SMILES string of the molecule is CC(C)C(O)c1ccc(Cl)c(F)c1Cl. The van der Waals surface area contributed by atoms with Crippen molar-refractivity contribution in [2.24, 2.45) is 5.92 Å². The zero-order chi connectivity index (χ0) is 10.9. The molecule has 0 heterocycles. The van der Waals surface area contributed by atoms with Crippen LogP contribution in [0.25, 0.3) is 0 Å². The van der Waals surface area contributed by atoms with E-state index in [9.17, 15) is 9.50 Å². The van der Waals surface area contributed by atoms with Crippen LogP contribution in [0.3, 0.4) is 0 Å². The van der Waals surface area contributed by atoms with Gasteiger partial charge in [-0.25, -0.2) is 4.39 Å². The fourth-order valence-electron chi connectivity index (χ4n) is 1.13. The molecule has 0 bridgehead atoms. The van der Waals surface area contributed by atoms with Crippen molar-refractivity contribution in [2.75, 3.05) is 0 Å². The van der Waals surface area contributed by atoms with Crippen LogP contribution in [0.1, 0.15) is 25.5 Å². The van der Waals surface area contributed by atoms with E-state index in [1.807, 2.05) is 13.8 Å². The molecule has 0 spiro atoms. The van der Waals surface area contributed by atoms with Gasteiger partial charge in [0.2, 0.25) is 0 Å². The smallest absolute Gasteiger partial charge is 0.160 e. The molecule has 0 saturated carbocycles. The standard InChI is InChI=1S/C10H11Cl2FO/c1-5(2)10(14)6-3-4-7(11)9(13)8(6)12/h3-5,10,14H,1-2H3. The third kappa shape index (κ3) is 2.19. The highest BCUT2D eigenvalue weighted by atomic mass is 35.5. The van der Waals surface area contributed by atoms with Gasteiger partial charge >= 0.3 is 0 Å². The molecule has 1 aromatic carbocycles. The van der Waals surface area contributed by atoms with E-state index in [1.165, 1.54) is 6.07 Å². The molecule has 0 amide bonds. The molecule has 0 radical (unpaired) electrons. The summed E-state index contributed by atoms with van der Waals surface area (Å²) in [7, 11) is 0. The molecule has 1 N–H and O–H groups in total. The Labute approximate surface area is 92.5 Å². The second-order valence-corrected chi connectivity index (χ2v) is 4.24. The Balaban J connectivity index is 3.17. The monoisotopic (exact) mass is 236 g/mol. The number of hydrogen-bond acceptors (Lipinski definition) is 1. The van der Waals surface area contributed by atoms with E-state index in [0.29, 0.717) is 5.56 Å². The predicted octanol–water partition coefficient (Wildman–Crippen LogP) is 3.82. The minimum Gasteiger partial charge on any atom is -0.388 e. The summed E-state index contributed by atoms with van der Waals surface area (Å²) < 4.78 is 13.2. The molecule has 78 valence electrons. The molecule has 0 aliphatic heterocycles. The third-order valence-corrected chi connectivity index (χ3v) is 2.69. The van der Waals surface area contributed by atoms with Crippen molar-refractivity contribution in [3.05, 3.63) is 33.6 Å². The van der Waals surface area contributed by atoms with Crippen molar-refractivity contribution in [1.82, 2.24) is 0 Å². The average molecular weight is 237 g/mol. The van der Waals surface area contributed by atoms with Gasteiger partial charge < -0.3 is 5.11 Å². The number of halogens is 3. The fourth-order valence-corrected chi connectivity index (χ4v) is 1.61. The Morgan fingerprint density at radius 3 is 2.36 bits per heavy atom. The van der Waals surface area contributed by atoms with Crippen LogP contribution >= 0.6 is 23.2 Å². The Bertz CT molecular complexity index is 339. The minimum atomic E-state index is -0.769. The molecule has 14 heavy (non-hydrogen) atoms. The highest BCUT2D eigenvalue weighted by molar-refractivity contribution is 6.35. The van der Waals surface area contributed by atoms with Crippen LogP contribution in [0.2, 0.25) is 10.0 Å². The third-order valence-electron chi connectivity index (χ3n) is 2.02. The summed E-state index contributed by atoms with van der Waals surface area (Å²) in [6.45, 7) is 3.65. The summed E-state index contributed by atoms with van der Waals surface area (Å²) in [5.41, 5.74) is 0.378. The molecule has 0 saturated heterocycles. The van der Waals surface area contributed by atoms with Crippen molar-refractivity contribution < 1.29 is 9.50 Å². The molecule has 1 rings (SSSR count). The van der Waals surface area contributed by atoms with E-state index >= 15 is 0 Å². The molecule has 0 aliphatic carbocycles. The lowest BCUT2D eigenvalue weighted by Gasteiger charge is -2.16. The van der Waals surface area contributed by atoms with Crippen molar-refractivity contribution >= 4 is 23.2 Å². The molecule has 1 aromatic rings. The summed E-state index contributed by atoms with van der Waals surface area (Å²) in [6.07, 6.45) is -0.769. The van der Waals surface area contributed by atoms with E-state index in [-0.39, 0.29) is 16.0 Å². The molecule has 0 aliphatic rings. The molecular weight excluding hydrogens is 226 g/mol. The van der Waals surface area contributed by atoms with Crippen LogP contribution in [-0.4, -0.2) is 5.11 Å². The maximum Gasteiger partial charge on any atom is 0.160 e. The summed E-state index contributed by atoms with van der Waals surface area (Å²) in [5, 5.41) is 9.57. The second kappa shape index (κ2) is 4.47. The van der Waals surface area contributed by atoms with Gasteiger partial charge in [0.05, 0.1) is 16.1 Å². The normalized spacial score (nSPS) is 13.4. The lowest BCUT2D eigenvalue weighted by atomic mass is 9.99. The van der Waals surface area contributed by atoms with Crippen molar-refractivity contribution in [1.29, 1.82) is 0 Å². The summed E-state index contributed by atoms with van der Waals surface area (Å²) >= 11 is 11.2. The number of hydrogen-bond donors (Lipinski definition) is 1. The fraction of sp³-hybridized carbons (Fsp3) is 0.400. The van der Waals surface area contributed by atoms with E-state index < -0.39 is 11.9 Å². The van der Waals surface area contributed by atoms with E-state index in [2.05, 4.69) is 0 Å². The Morgan fingerprint density at radius 2 is 1.86 bits per heavy atom. The van der Waals surface area contributed by atoms with Gasteiger partial charge in [0.15, 0.2) is 5.82 Å².